The zero-order chi connectivity index (χ0) is 12.5. The van der Waals surface area contributed by atoms with E-state index in [2.05, 4.69) is 17.1 Å². The molecule has 3 rings (SSSR count). The zero-order valence-corrected chi connectivity index (χ0v) is 11.5. The number of nitrogens with zero attached hydrogens (tertiary/aromatic N) is 1. The molecule has 4 unspecified atom stereocenters. The van der Waals surface area contributed by atoms with Gasteiger partial charge in [-0.05, 0) is 43.4 Å². The fourth-order valence-electron chi connectivity index (χ4n) is 4.28. The number of carbonyl (C=O) groups is 1. The highest BCUT2D eigenvalue weighted by Gasteiger charge is 2.42. The summed E-state index contributed by atoms with van der Waals surface area (Å²) in [6, 6.07) is 0.114. The second-order valence-electron chi connectivity index (χ2n) is 6.55. The van der Waals surface area contributed by atoms with Gasteiger partial charge in [-0.3, -0.25) is 10.1 Å². The molecular formula is C15H26N2O. The monoisotopic (exact) mass is 250 g/mol. The maximum atomic E-state index is 12.3. The summed E-state index contributed by atoms with van der Waals surface area (Å²) in [5.41, 5.74) is 0. The standard InChI is InChI=1S/C15H26N2O/c1-2-3-4-14-15(18)17(10-16-14)9-13-8-11-5-6-12(13)7-11/h11-14,16H,2-10H2,1H3. The molecule has 102 valence electrons. The van der Waals surface area contributed by atoms with Crippen LogP contribution in [-0.4, -0.2) is 30.1 Å². The topological polar surface area (TPSA) is 32.3 Å². The fraction of sp³-hybridized carbons (Fsp3) is 0.933. The van der Waals surface area contributed by atoms with Crippen LogP contribution in [0.4, 0.5) is 0 Å². The normalized spacial score (nSPS) is 38.9. The van der Waals surface area contributed by atoms with Crippen LogP contribution in [0, 0.1) is 17.8 Å². The van der Waals surface area contributed by atoms with Crippen molar-refractivity contribution in [3.63, 3.8) is 0 Å². The molecule has 0 aromatic heterocycles. The lowest BCUT2D eigenvalue weighted by Crippen LogP contribution is -2.35. The minimum absolute atomic E-state index is 0.114. The third kappa shape index (κ3) is 2.29. The summed E-state index contributed by atoms with van der Waals surface area (Å²) < 4.78 is 0. The Bertz CT molecular complexity index is 318. The number of carbonyl (C=O) groups excluding carboxylic acids is 1. The molecular weight excluding hydrogens is 224 g/mol. The second-order valence-corrected chi connectivity index (χ2v) is 6.55. The van der Waals surface area contributed by atoms with E-state index in [0.717, 1.165) is 43.8 Å². The summed E-state index contributed by atoms with van der Waals surface area (Å²) in [6.45, 7) is 4.00. The van der Waals surface area contributed by atoms with E-state index < -0.39 is 0 Å². The summed E-state index contributed by atoms with van der Waals surface area (Å²) in [6.07, 6.45) is 9.05. The molecule has 0 radical (unpaired) electrons. The molecule has 18 heavy (non-hydrogen) atoms. The summed E-state index contributed by atoms with van der Waals surface area (Å²) in [7, 11) is 0. The molecule has 0 spiro atoms. The molecule has 3 fully saturated rings. The molecule has 3 nitrogen and oxygen atoms in total. The summed E-state index contributed by atoms with van der Waals surface area (Å²) >= 11 is 0. The highest BCUT2D eigenvalue weighted by molar-refractivity contribution is 5.83. The molecule has 1 saturated heterocycles. The summed E-state index contributed by atoms with van der Waals surface area (Å²) in [5, 5.41) is 3.39. The van der Waals surface area contributed by atoms with Crippen molar-refractivity contribution in [3.05, 3.63) is 0 Å². The molecule has 2 bridgehead atoms. The van der Waals surface area contributed by atoms with Crippen LogP contribution in [0.2, 0.25) is 0 Å². The number of nitrogens with one attached hydrogen (secondary N) is 1. The molecule has 1 amide bonds. The first-order chi connectivity index (χ1) is 8.78. The first kappa shape index (κ1) is 12.5. The van der Waals surface area contributed by atoms with Gasteiger partial charge in [0.15, 0.2) is 0 Å². The van der Waals surface area contributed by atoms with Gasteiger partial charge in [0.25, 0.3) is 0 Å². The first-order valence-corrected chi connectivity index (χ1v) is 7.80. The lowest BCUT2D eigenvalue weighted by Gasteiger charge is -2.26. The van der Waals surface area contributed by atoms with Crippen molar-refractivity contribution in [3.8, 4) is 0 Å². The minimum atomic E-state index is 0.114. The predicted molar refractivity (Wildman–Crippen MR) is 72.0 cm³/mol. The van der Waals surface area contributed by atoms with Gasteiger partial charge in [-0.25, -0.2) is 0 Å². The highest BCUT2D eigenvalue weighted by Crippen LogP contribution is 2.48. The van der Waals surface area contributed by atoms with Crippen molar-refractivity contribution in [1.29, 1.82) is 0 Å². The van der Waals surface area contributed by atoms with Gasteiger partial charge in [-0.1, -0.05) is 26.2 Å². The SMILES string of the molecule is CCCCC1NCN(CC2CC3CCC2C3)C1=O. The Morgan fingerprint density at radius 2 is 2.22 bits per heavy atom. The molecule has 2 aliphatic carbocycles. The first-order valence-electron chi connectivity index (χ1n) is 7.80. The number of hydrogen-bond donors (Lipinski definition) is 1. The van der Waals surface area contributed by atoms with Crippen LogP contribution in [0.1, 0.15) is 51.9 Å². The van der Waals surface area contributed by atoms with Crippen molar-refractivity contribution in [2.24, 2.45) is 17.8 Å². The van der Waals surface area contributed by atoms with Crippen LogP contribution in [0.3, 0.4) is 0 Å². The maximum absolute atomic E-state index is 12.3. The lowest BCUT2D eigenvalue weighted by atomic mass is 9.88. The Labute approximate surface area is 110 Å². The van der Waals surface area contributed by atoms with Crippen molar-refractivity contribution in [1.82, 2.24) is 10.2 Å². The number of hydrogen-bond acceptors (Lipinski definition) is 2. The van der Waals surface area contributed by atoms with Crippen LogP contribution in [0.15, 0.2) is 0 Å². The van der Waals surface area contributed by atoms with Gasteiger partial charge in [-0.2, -0.15) is 0 Å². The van der Waals surface area contributed by atoms with E-state index in [1.54, 1.807) is 0 Å². The second kappa shape index (κ2) is 5.20. The van der Waals surface area contributed by atoms with E-state index in [4.69, 9.17) is 0 Å². The fourth-order valence-corrected chi connectivity index (χ4v) is 4.28. The lowest BCUT2D eigenvalue weighted by molar-refractivity contribution is -0.129. The van der Waals surface area contributed by atoms with Crippen LogP contribution in [0.25, 0.3) is 0 Å². The molecule has 1 heterocycles. The van der Waals surface area contributed by atoms with E-state index in [-0.39, 0.29) is 6.04 Å². The molecule has 0 aromatic carbocycles. The maximum Gasteiger partial charge on any atom is 0.240 e. The third-order valence-electron chi connectivity index (χ3n) is 5.32. The average Bonchev–Trinajstić information content (AvgIpc) is 3.05. The molecule has 4 atom stereocenters. The Morgan fingerprint density at radius 3 is 2.89 bits per heavy atom. The van der Waals surface area contributed by atoms with Crippen molar-refractivity contribution < 1.29 is 4.79 Å². The van der Waals surface area contributed by atoms with E-state index in [1.165, 1.54) is 32.1 Å². The zero-order valence-electron chi connectivity index (χ0n) is 11.5. The van der Waals surface area contributed by atoms with Crippen molar-refractivity contribution >= 4 is 5.91 Å². The number of unbranched alkanes of at least 4 members (excludes halogenated alkanes) is 1. The molecule has 0 aromatic rings. The minimum Gasteiger partial charge on any atom is -0.328 e. The molecule has 3 heteroatoms. The predicted octanol–water partition coefficient (Wildman–Crippen LogP) is 2.37. The number of rotatable bonds is 5. The van der Waals surface area contributed by atoms with E-state index in [0.29, 0.717) is 5.91 Å². The van der Waals surface area contributed by atoms with Gasteiger partial charge >= 0.3 is 0 Å². The van der Waals surface area contributed by atoms with E-state index in [1.807, 2.05) is 0 Å². The Kier molecular flexibility index (Phi) is 3.60. The van der Waals surface area contributed by atoms with Gasteiger partial charge in [-0.15, -0.1) is 0 Å². The third-order valence-corrected chi connectivity index (χ3v) is 5.32. The smallest absolute Gasteiger partial charge is 0.240 e. The van der Waals surface area contributed by atoms with Gasteiger partial charge < -0.3 is 4.90 Å². The van der Waals surface area contributed by atoms with Crippen molar-refractivity contribution in [2.45, 2.75) is 57.9 Å². The summed E-state index contributed by atoms with van der Waals surface area (Å²) in [5.74, 6) is 3.09. The van der Waals surface area contributed by atoms with Crippen molar-refractivity contribution in [2.75, 3.05) is 13.2 Å². The summed E-state index contributed by atoms with van der Waals surface area (Å²) in [4.78, 5) is 14.4. The number of fused-ring (bicyclic) bond motifs is 2. The highest BCUT2D eigenvalue weighted by atomic mass is 16.2. The van der Waals surface area contributed by atoms with Crippen LogP contribution >= 0.6 is 0 Å². The van der Waals surface area contributed by atoms with Gasteiger partial charge in [0.2, 0.25) is 5.91 Å². The van der Waals surface area contributed by atoms with Gasteiger partial charge in [0, 0.05) is 6.54 Å². The Morgan fingerprint density at radius 1 is 1.33 bits per heavy atom. The van der Waals surface area contributed by atoms with E-state index >= 15 is 0 Å². The van der Waals surface area contributed by atoms with Gasteiger partial charge in [0.1, 0.15) is 0 Å². The van der Waals surface area contributed by atoms with Crippen LogP contribution in [0.5, 0.6) is 0 Å². The average molecular weight is 250 g/mol. The largest absolute Gasteiger partial charge is 0.328 e. The Hall–Kier alpha value is -0.570. The van der Waals surface area contributed by atoms with Crippen LogP contribution in [-0.2, 0) is 4.79 Å². The number of amides is 1. The Balaban J connectivity index is 1.50. The molecule has 3 aliphatic rings. The van der Waals surface area contributed by atoms with Gasteiger partial charge in [0.05, 0.1) is 12.7 Å². The molecule has 1 aliphatic heterocycles. The molecule has 2 saturated carbocycles. The van der Waals surface area contributed by atoms with E-state index in [9.17, 15) is 4.79 Å². The van der Waals surface area contributed by atoms with Crippen LogP contribution < -0.4 is 5.32 Å². The quantitative estimate of drug-likeness (QED) is 0.812. The molecule has 1 N–H and O–H groups in total.